The summed E-state index contributed by atoms with van der Waals surface area (Å²) in [7, 11) is 0. The SMILES string of the molecule is CCn1nc(C(=O)NCC2(O)CCC(CS(=O)[O-])CC2)c(Cl)c1-c1cnc(Cl)cc1C. The third-order valence-electron chi connectivity index (χ3n) is 5.73. The van der Waals surface area contributed by atoms with Crippen LogP contribution in [0.25, 0.3) is 11.3 Å². The molecule has 1 atom stereocenters. The number of nitrogens with zero attached hydrogens (tertiary/aromatic N) is 3. The summed E-state index contributed by atoms with van der Waals surface area (Å²) in [6.45, 7) is 4.31. The van der Waals surface area contributed by atoms with E-state index in [1.54, 1.807) is 16.9 Å². The van der Waals surface area contributed by atoms with Crippen LogP contribution < -0.4 is 5.32 Å². The fourth-order valence-electron chi connectivity index (χ4n) is 3.92. The van der Waals surface area contributed by atoms with Crippen LogP contribution in [0.15, 0.2) is 12.3 Å². The van der Waals surface area contributed by atoms with Crippen molar-refractivity contribution in [1.29, 1.82) is 0 Å². The molecule has 3 rings (SSSR count). The molecule has 1 saturated carbocycles. The number of hydrogen-bond donors (Lipinski definition) is 2. The molecule has 2 aromatic rings. The maximum absolute atomic E-state index is 12.8. The molecule has 8 nitrogen and oxygen atoms in total. The van der Waals surface area contributed by atoms with E-state index in [2.05, 4.69) is 15.4 Å². The summed E-state index contributed by atoms with van der Waals surface area (Å²) in [6, 6.07) is 1.72. The van der Waals surface area contributed by atoms with Gasteiger partial charge in [0.1, 0.15) is 5.15 Å². The van der Waals surface area contributed by atoms with Gasteiger partial charge in [-0.3, -0.25) is 13.7 Å². The molecule has 170 valence electrons. The van der Waals surface area contributed by atoms with Crippen molar-refractivity contribution >= 4 is 40.2 Å². The summed E-state index contributed by atoms with van der Waals surface area (Å²) in [6.07, 6.45) is 3.64. The lowest BCUT2D eigenvalue weighted by Gasteiger charge is -2.36. The minimum absolute atomic E-state index is 0.0443. The minimum Gasteiger partial charge on any atom is -0.772 e. The minimum atomic E-state index is -2.08. The summed E-state index contributed by atoms with van der Waals surface area (Å²) in [4.78, 5) is 16.9. The number of carbonyl (C=O) groups excluding carboxylic acids is 1. The Hall–Kier alpha value is -1.52. The molecule has 0 saturated heterocycles. The van der Waals surface area contributed by atoms with Crippen LogP contribution in [0.1, 0.15) is 48.7 Å². The van der Waals surface area contributed by atoms with E-state index in [4.69, 9.17) is 23.2 Å². The number of aryl methyl sites for hydroxylation is 2. The molecule has 0 bridgehead atoms. The average molecular weight is 488 g/mol. The van der Waals surface area contributed by atoms with Gasteiger partial charge in [0.2, 0.25) is 0 Å². The fourth-order valence-corrected chi connectivity index (χ4v) is 5.17. The van der Waals surface area contributed by atoms with Gasteiger partial charge in [-0.25, -0.2) is 4.98 Å². The first-order valence-corrected chi connectivity index (χ1v) is 12.1. The Morgan fingerprint density at radius 1 is 1.42 bits per heavy atom. The monoisotopic (exact) mass is 487 g/mol. The molecule has 1 fully saturated rings. The Morgan fingerprint density at radius 2 is 2.10 bits per heavy atom. The zero-order chi connectivity index (χ0) is 22.8. The smallest absolute Gasteiger partial charge is 0.273 e. The highest BCUT2D eigenvalue weighted by Gasteiger charge is 2.34. The van der Waals surface area contributed by atoms with Crippen molar-refractivity contribution in [2.24, 2.45) is 5.92 Å². The van der Waals surface area contributed by atoms with Gasteiger partial charge in [-0.1, -0.05) is 34.3 Å². The maximum Gasteiger partial charge on any atom is 0.273 e. The van der Waals surface area contributed by atoms with Gasteiger partial charge in [-0.05, 0) is 57.1 Å². The Bertz CT molecular complexity index is 990. The molecule has 2 heterocycles. The molecule has 1 aliphatic carbocycles. The Labute approximate surface area is 193 Å². The van der Waals surface area contributed by atoms with Gasteiger partial charge < -0.3 is 15.0 Å². The lowest BCUT2D eigenvalue weighted by molar-refractivity contribution is -0.00513. The molecule has 1 amide bonds. The molecule has 31 heavy (non-hydrogen) atoms. The number of amides is 1. The van der Waals surface area contributed by atoms with E-state index in [9.17, 15) is 18.7 Å². The summed E-state index contributed by atoms with van der Waals surface area (Å²) in [5.41, 5.74) is 1.17. The van der Waals surface area contributed by atoms with Crippen molar-refractivity contribution in [2.75, 3.05) is 12.3 Å². The number of hydrogen-bond acceptors (Lipinski definition) is 6. The molecule has 0 aromatic carbocycles. The van der Waals surface area contributed by atoms with Crippen LogP contribution >= 0.6 is 23.2 Å². The van der Waals surface area contributed by atoms with Crippen molar-refractivity contribution < 1.29 is 18.7 Å². The van der Waals surface area contributed by atoms with Crippen LogP contribution in [-0.2, 0) is 17.6 Å². The first kappa shape index (κ1) is 24.1. The predicted molar refractivity (Wildman–Crippen MR) is 119 cm³/mol. The van der Waals surface area contributed by atoms with Crippen LogP contribution in [0, 0.1) is 12.8 Å². The predicted octanol–water partition coefficient (Wildman–Crippen LogP) is 3.11. The van der Waals surface area contributed by atoms with Gasteiger partial charge in [0.05, 0.1) is 16.3 Å². The lowest BCUT2D eigenvalue weighted by atomic mass is 9.79. The zero-order valence-corrected chi connectivity index (χ0v) is 19.7. The number of aromatic nitrogens is 3. The van der Waals surface area contributed by atoms with Crippen molar-refractivity contribution in [3.63, 3.8) is 0 Å². The summed E-state index contributed by atoms with van der Waals surface area (Å²) >= 11 is 10.4. The number of halogens is 2. The summed E-state index contributed by atoms with van der Waals surface area (Å²) < 4.78 is 23.4. The highest BCUT2D eigenvalue weighted by molar-refractivity contribution is 7.79. The molecule has 1 aliphatic rings. The van der Waals surface area contributed by atoms with Gasteiger partial charge in [0, 0.05) is 30.6 Å². The average Bonchev–Trinajstić information content (AvgIpc) is 3.04. The second kappa shape index (κ2) is 9.95. The van der Waals surface area contributed by atoms with E-state index < -0.39 is 22.6 Å². The van der Waals surface area contributed by atoms with Crippen LogP contribution in [0.5, 0.6) is 0 Å². The van der Waals surface area contributed by atoms with Crippen LogP contribution in [0.2, 0.25) is 10.2 Å². The maximum atomic E-state index is 12.8. The number of nitrogens with one attached hydrogen (secondary N) is 1. The Balaban J connectivity index is 1.73. The van der Waals surface area contributed by atoms with Gasteiger partial charge >= 0.3 is 0 Å². The normalized spacial score (nSPS) is 22.3. The number of pyridine rings is 1. The standard InChI is InChI=1S/C20H26Cl2N4O4S/c1-3-26-18(14-9-23-15(21)8-12(14)2)16(22)17(25-26)19(27)24-11-20(28)6-4-13(5-7-20)10-31(29)30/h8-9,13,28H,3-7,10-11H2,1-2H3,(H,24,27)(H,29,30)/p-1. The molecule has 1 unspecified atom stereocenters. The van der Waals surface area contributed by atoms with E-state index in [-0.39, 0.29) is 28.9 Å². The largest absolute Gasteiger partial charge is 0.772 e. The second-order valence-electron chi connectivity index (χ2n) is 7.97. The zero-order valence-electron chi connectivity index (χ0n) is 17.4. The topological polar surface area (TPSA) is 120 Å². The number of rotatable bonds is 7. The summed E-state index contributed by atoms with van der Waals surface area (Å²) in [5, 5.41) is 18.5. The lowest BCUT2D eigenvalue weighted by Crippen LogP contribution is -2.46. The molecule has 2 N–H and O–H groups in total. The second-order valence-corrected chi connectivity index (χ2v) is 9.68. The van der Waals surface area contributed by atoms with Crippen LogP contribution in [0.4, 0.5) is 0 Å². The van der Waals surface area contributed by atoms with Gasteiger partial charge in [0.25, 0.3) is 5.91 Å². The van der Waals surface area contributed by atoms with Crippen molar-refractivity contribution in [2.45, 2.75) is 51.7 Å². The molecule has 2 aromatic heterocycles. The van der Waals surface area contributed by atoms with Gasteiger partial charge in [-0.15, -0.1) is 0 Å². The van der Waals surface area contributed by atoms with E-state index >= 15 is 0 Å². The first-order valence-electron chi connectivity index (χ1n) is 10.1. The van der Waals surface area contributed by atoms with Gasteiger partial charge in [-0.2, -0.15) is 5.10 Å². The van der Waals surface area contributed by atoms with E-state index in [0.29, 0.717) is 43.1 Å². The van der Waals surface area contributed by atoms with Crippen LogP contribution in [0.3, 0.4) is 0 Å². The van der Waals surface area contributed by atoms with E-state index in [1.165, 1.54) is 0 Å². The van der Waals surface area contributed by atoms with Crippen molar-refractivity contribution in [3.05, 3.63) is 33.7 Å². The molecule has 0 spiro atoms. The number of carbonyl (C=O) groups is 1. The molecular formula is C20H25Cl2N4O4S-. The molecule has 0 radical (unpaired) electrons. The third kappa shape index (κ3) is 5.64. The van der Waals surface area contributed by atoms with E-state index in [0.717, 1.165) is 11.1 Å². The Kier molecular flexibility index (Phi) is 7.75. The highest BCUT2D eigenvalue weighted by Crippen LogP contribution is 2.34. The van der Waals surface area contributed by atoms with E-state index in [1.807, 2.05) is 13.8 Å². The Morgan fingerprint density at radius 3 is 2.68 bits per heavy atom. The first-order chi connectivity index (χ1) is 14.6. The molecule has 0 aliphatic heterocycles. The molecule has 11 heteroatoms. The fraction of sp³-hybridized carbons (Fsp3) is 0.550. The van der Waals surface area contributed by atoms with Gasteiger partial charge in [0.15, 0.2) is 5.69 Å². The highest BCUT2D eigenvalue weighted by atomic mass is 35.5. The third-order valence-corrected chi connectivity index (χ3v) is 7.04. The summed E-state index contributed by atoms with van der Waals surface area (Å²) in [5.74, 6) is -0.328. The quantitative estimate of drug-likeness (QED) is 0.457. The van der Waals surface area contributed by atoms with Crippen LogP contribution in [-0.4, -0.2) is 52.4 Å². The van der Waals surface area contributed by atoms with Crippen molar-refractivity contribution in [3.8, 4) is 11.3 Å². The molecular weight excluding hydrogens is 463 g/mol. The van der Waals surface area contributed by atoms with Crippen molar-refractivity contribution in [1.82, 2.24) is 20.1 Å². The number of aliphatic hydroxyl groups is 1.